The Morgan fingerprint density at radius 1 is 0.971 bits per heavy atom. The van der Waals surface area contributed by atoms with Crippen LogP contribution in [0.5, 0.6) is 0 Å². The second-order valence-corrected chi connectivity index (χ2v) is 9.27. The van der Waals surface area contributed by atoms with Gasteiger partial charge in [0.2, 0.25) is 5.91 Å². The highest BCUT2D eigenvalue weighted by molar-refractivity contribution is 5.83. The Balaban J connectivity index is 1.32. The van der Waals surface area contributed by atoms with Crippen LogP contribution in [-0.4, -0.2) is 42.3 Å². The van der Waals surface area contributed by atoms with Gasteiger partial charge in [0, 0.05) is 18.9 Å². The van der Waals surface area contributed by atoms with Gasteiger partial charge in [-0.15, -0.1) is 0 Å². The first kappa shape index (κ1) is 26.3. The molecular formula is C28H36N2O5. The number of carboxylic acids is 1. The molecule has 0 saturated carbocycles. The zero-order valence-electron chi connectivity index (χ0n) is 20.6. The van der Waals surface area contributed by atoms with Gasteiger partial charge in [-0.3, -0.25) is 4.79 Å². The van der Waals surface area contributed by atoms with Crippen molar-refractivity contribution in [1.82, 2.24) is 10.6 Å². The average molecular weight is 481 g/mol. The van der Waals surface area contributed by atoms with Crippen molar-refractivity contribution in [3.8, 4) is 11.1 Å². The lowest BCUT2D eigenvalue weighted by atomic mass is 9.98. The van der Waals surface area contributed by atoms with E-state index in [2.05, 4.69) is 34.9 Å². The molecule has 35 heavy (non-hydrogen) atoms. The van der Waals surface area contributed by atoms with E-state index in [9.17, 15) is 19.5 Å². The summed E-state index contributed by atoms with van der Waals surface area (Å²) in [4.78, 5) is 35.7. The smallest absolute Gasteiger partial charge is 0.407 e. The van der Waals surface area contributed by atoms with E-state index in [0.29, 0.717) is 25.8 Å². The minimum absolute atomic E-state index is 0.0293. The van der Waals surface area contributed by atoms with Crippen molar-refractivity contribution in [1.29, 1.82) is 0 Å². The third-order valence-corrected chi connectivity index (χ3v) is 6.66. The van der Waals surface area contributed by atoms with Crippen molar-refractivity contribution < 1.29 is 24.2 Å². The zero-order chi connectivity index (χ0) is 25.2. The third kappa shape index (κ3) is 7.31. The van der Waals surface area contributed by atoms with Crippen LogP contribution in [0.1, 0.15) is 69.4 Å². The summed E-state index contributed by atoms with van der Waals surface area (Å²) in [5.74, 6) is -0.974. The van der Waals surface area contributed by atoms with Gasteiger partial charge in [0.15, 0.2) is 0 Å². The minimum atomic E-state index is -0.994. The number of benzene rings is 2. The van der Waals surface area contributed by atoms with E-state index < -0.39 is 18.1 Å². The van der Waals surface area contributed by atoms with Gasteiger partial charge in [-0.1, -0.05) is 75.2 Å². The molecule has 3 N–H and O–H groups in total. The van der Waals surface area contributed by atoms with Gasteiger partial charge < -0.3 is 20.5 Å². The molecule has 0 bridgehead atoms. The van der Waals surface area contributed by atoms with Crippen LogP contribution >= 0.6 is 0 Å². The molecule has 2 unspecified atom stereocenters. The van der Waals surface area contributed by atoms with E-state index in [1.807, 2.05) is 38.1 Å². The van der Waals surface area contributed by atoms with Crippen LogP contribution < -0.4 is 10.6 Å². The number of carboxylic acid groups (broad SMARTS) is 1. The highest BCUT2D eigenvalue weighted by Gasteiger charge is 2.29. The molecule has 0 fully saturated rings. The molecule has 2 aromatic carbocycles. The van der Waals surface area contributed by atoms with Crippen LogP contribution in [0.15, 0.2) is 48.5 Å². The molecule has 0 spiro atoms. The number of ether oxygens (including phenoxy) is 1. The first-order chi connectivity index (χ1) is 16.9. The number of carbonyl (C=O) groups excluding carboxylic acids is 2. The summed E-state index contributed by atoms with van der Waals surface area (Å²) in [7, 11) is 0. The normalized spacial score (nSPS) is 13.9. The molecule has 0 radical (unpaired) electrons. The lowest BCUT2D eigenvalue weighted by Gasteiger charge is -2.17. The van der Waals surface area contributed by atoms with Gasteiger partial charge in [0.1, 0.15) is 12.6 Å². The number of hydrogen-bond acceptors (Lipinski definition) is 4. The Labute approximate surface area is 207 Å². The topological polar surface area (TPSA) is 105 Å². The Hall–Kier alpha value is -3.35. The number of hydrogen-bond donors (Lipinski definition) is 3. The maximum Gasteiger partial charge on any atom is 0.407 e. The van der Waals surface area contributed by atoms with E-state index in [0.717, 1.165) is 12.8 Å². The molecule has 2 amide bonds. The van der Waals surface area contributed by atoms with Gasteiger partial charge in [-0.2, -0.15) is 0 Å². The van der Waals surface area contributed by atoms with Crippen molar-refractivity contribution in [2.75, 3.05) is 13.2 Å². The van der Waals surface area contributed by atoms with Crippen LogP contribution in [-0.2, 0) is 14.3 Å². The Morgan fingerprint density at radius 3 is 2.20 bits per heavy atom. The number of unbranched alkanes of at least 4 members (excludes halogenated alkanes) is 2. The molecular weight excluding hydrogens is 444 g/mol. The Kier molecular flexibility index (Phi) is 9.70. The summed E-state index contributed by atoms with van der Waals surface area (Å²) in [5.41, 5.74) is 4.73. The standard InChI is InChI=1S/C28H36N2O5/c1-3-19(2)17-25(27(32)33)30-26(31)15-5-4-10-16-29-28(34)35-18-24-22-13-8-6-11-20(22)21-12-7-9-14-23(21)24/h6-9,11-14,19,24-25H,3-5,10,15-18H2,1-2H3,(H,29,34)(H,30,31)(H,32,33). The van der Waals surface area contributed by atoms with Crippen molar-refractivity contribution in [3.63, 3.8) is 0 Å². The second-order valence-electron chi connectivity index (χ2n) is 9.27. The summed E-state index contributed by atoms with van der Waals surface area (Å²) in [6, 6.07) is 15.6. The van der Waals surface area contributed by atoms with E-state index in [1.54, 1.807) is 0 Å². The van der Waals surface area contributed by atoms with Crippen LogP contribution in [0, 0.1) is 5.92 Å². The molecule has 7 heteroatoms. The van der Waals surface area contributed by atoms with E-state index in [-0.39, 0.29) is 30.8 Å². The molecule has 2 aromatic rings. The summed E-state index contributed by atoms with van der Waals surface area (Å²) in [6.45, 7) is 4.72. The van der Waals surface area contributed by atoms with Crippen LogP contribution in [0.4, 0.5) is 4.79 Å². The van der Waals surface area contributed by atoms with E-state index in [4.69, 9.17) is 4.74 Å². The largest absolute Gasteiger partial charge is 0.480 e. The first-order valence-electron chi connectivity index (χ1n) is 12.5. The summed E-state index contributed by atoms with van der Waals surface area (Å²) in [5, 5.41) is 14.7. The van der Waals surface area contributed by atoms with E-state index >= 15 is 0 Å². The fourth-order valence-corrected chi connectivity index (χ4v) is 4.48. The maximum atomic E-state index is 12.2. The molecule has 0 aromatic heterocycles. The Bertz CT molecular complexity index is 976. The number of amides is 2. The fourth-order valence-electron chi connectivity index (χ4n) is 4.48. The number of aliphatic carboxylic acids is 1. The lowest BCUT2D eigenvalue weighted by Crippen LogP contribution is -2.41. The predicted molar refractivity (Wildman–Crippen MR) is 135 cm³/mol. The van der Waals surface area contributed by atoms with Crippen molar-refractivity contribution in [3.05, 3.63) is 59.7 Å². The SMILES string of the molecule is CCC(C)CC(NC(=O)CCCCCNC(=O)OCC1c2ccccc2-c2ccccc21)C(=O)O. The van der Waals surface area contributed by atoms with Gasteiger partial charge in [0.05, 0.1) is 0 Å². The fraction of sp³-hybridized carbons (Fsp3) is 0.464. The quantitative estimate of drug-likeness (QED) is 0.346. The summed E-state index contributed by atoms with van der Waals surface area (Å²) >= 11 is 0. The number of alkyl carbamates (subject to hydrolysis) is 1. The molecule has 7 nitrogen and oxygen atoms in total. The predicted octanol–water partition coefficient (Wildman–Crippen LogP) is 5.09. The lowest BCUT2D eigenvalue weighted by molar-refractivity contribution is -0.142. The Morgan fingerprint density at radius 2 is 1.60 bits per heavy atom. The maximum absolute atomic E-state index is 12.2. The van der Waals surface area contributed by atoms with Gasteiger partial charge in [-0.25, -0.2) is 9.59 Å². The van der Waals surface area contributed by atoms with Crippen molar-refractivity contribution in [2.45, 2.75) is 64.3 Å². The van der Waals surface area contributed by atoms with Crippen molar-refractivity contribution >= 4 is 18.0 Å². The molecule has 0 aliphatic heterocycles. The average Bonchev–Trinajstić information content (AvgIpc) is 3.18. The van der Waals surface area contributed by atoms with Gasteiger partial charge in [-0.05, 0) is 47.4 Å². The number of carbonyl (C=O) groups is 3. The highest BCUT2D eigenvalue weighted by atomic mass is 16.5. The highest BCUT2D eigenvalue weighted by Crippen LogP contribution is 2.44. The second kappa shape index (κ2) is 12.9. The molecule has 1 aliphatic carbocycles. The zero-order valence-corrected chi connectivity index (χ0v) is 20.6. The molecule has 1 aliphatic rings. The minimum Gasteiger partial charge on any atom is -0.480 e. The summed E-state index contributed by atoms with van der Waals surface area (Å²) < 4.78 is 5.52. The monoisotopic (exact) mass is 480 g/mol. The molecule has 188 valence electrons. The molecule has 2 atom stereocenters. The summed E-state index contributed by atoms with van der Waals surface area (Å²) in [6.07, 6.45) is 3.23. The van der Waals surface area contributed by atoms with Crippen molar-refractivity contribution in [2.24, 2.45) is 5.92 Å². The first-order valence-corrected chi connectivity index (χ1v) is 12.5. The van der Waals surface area contributed by atoms with E-state index in [1.165, 1.54) is 22.3 Å². The number of fused-ring (bicyclic) bond motifs is 3. The van der Waals surface area contributed by atoms with Crippen LogP contribution in [0.2, 0.25) is 0 Å². The molecule has 3 rings (SSSR count). The van der Waals surface area contributed by atoms with Crippen LogP contribution in [0.25, 0.3) is 11.1 Å². The number of nitrogens with one attached hydrogen (secondary N) is 2. The van der Waals surface area contributed by atoms with Crippen LogP contribution in [0.3, 0.4) is 0 Å². The van der Waals surface area contributed by atoms with Gasteiger partial charge >= 0.3 is 12.1 Å². The molecule has 0 heterocycles. The van der Waals surface area contributed by atoms with Gasteiger partial charge in [0.25, 0.3) is 0 Å². The molecule has 0 saturated heterocycles. The number of rotatable bonds is 13. The third-order valence-electron chi connectivity index (χ3n) is 6.66.